The fraction of sp³-hybridized carbons (Fsp3) is 0.222. The molecule has 5 aromatic rings. The van der Waals surface area contributed by atoms with Gasteiger partial charge in [0.05, 0.1) is 17.1 Å². The molecule has 0 atom stereocenters. The van der Waals surface area contributed by atoms with E-state index in [4.69, 9.17) is 10.8 Å². The molecule has 174 valence electrons. The summed E-state index contributed by atoms with van der Waals surface area (Å²) in [6.45, 7) is 0.373. The van der Waals surface area contributed by atoms with Crippen molar-refractivity contribution in [3.8, 4) is 11.4 Å². The van der Waals surface area contributed by atoms with Gasteiger partial charge in [-0.05, 0) is 41.3 Å². The molecule has 1 fully saturated rings. The van der Waals surface area contributed by atoms with Crippen molar-refractivity contribution in [3.05, 3.63) is 78.2 Å². The molecule has 35 heavy (non-hydrogen) atoms. The van der Waals surface area contributed by atoms with Gasteiger partial charge in [-0.1, -0.05) is 55.3 Å². The first-order valence-corrected chi connectivity index (χ1v) is 11.9. The number of rotatable bonds is 5. The first kappa shape index (κ1) is 21.2. The van der Waals surface area contributed by atoms with Crippen LogP contribution in [0, 0.1) is 0 Å². The molecule has 2 aromatic carbocycles. The number of nitrogens with zero attached hydrogens (tertiary/aromatic N) is 5. The minimum atomic E-state index is -0.114. The fourth-order valence-corrected chi connectivity index (χ4v) is 4.95. The lowest BCUT2D eigenvalue weighted by atomic mass is 10.0. The zero-order valence-corrected chi connectivity index (χ0v) is 19.2. The summed E-state index contributed by atoms with van der Waals surface area (Å²) < 4.78 is 2.00. The number of carbonyl (C=O) groups is 1. The number of nitrogens with two attached hydrogens (primary N) is 1. The molecule has 1 aliphatic rings. The highest BCUT2D eigenvalue weighted by Gasteiger charge is 2.25. The van der Waals surface area contributed by atoms with Gasteiger partial charge in [0.25, 0.3) is 5.91 Å². The Morgan fingerprint density at radius 1 is 1.00 bits per heavy atom. The molecule has 0 saturated heterocycles. The minimum absolute atomic E-state index is 0.114. The van der Waals surface area contributed by atoms with E-state index in [1.165, 1.54) is 19.2 Å². The Balaban J connectivity index is 1.25. The Kier molecular flexibility index (Phi) is 5.33. The molecule has 1 aliphatic carbocycles. The van der Waals surface area contributed by atoms with Gasteiger partial charge >= 0.3 is 0 Å². The molecule has 0 bridgehead atoms. The predicted octanol–water partition coefficient (Wildman–Crippen LogP) is 4.67. The van der Waals surface area contributed by atoms with Crippen molar-refractivity contribution in [1.29, 1.82) is 0 Å². The summed E-state index contributed by atoms with van der Waals surface area (Å²) in [6, 6.07) is 17.8. The molecule has 1 amide bonds. The van der Waals surface area contributed by atoms with Gasteiger partial charge in [0.1, 0.15) is 17.8 Å². The Morgan fingerprint density at radius 2 is 1.83 bits per heavy atom. The van der Waals surface area contributed by atoms with Crippen LogP contribution in [0.25, 0.3) is 33.2 Å². The number of nitrogens with one attached hydrogen (secondary N) is 1. The molecular formula is C27H25N7O. The standard InChI is InChI=1S/C27H25N7O/c28-25-23-24(33-34(19-8-2-3-9-19)26(23)32-16-31-25)22-13-12-17(14-29-22)15-30-27(35)21-11-5-7-18-6-1-4-10-20(18)21/h1,4-7,10-14,16,19H,2-3,8-9,15H2,(H,30,35)(H2,28,31,32). The second kappa shape index (κ2) is 8.79. The highest BCUT2D eigenvalue weighted by Crippen LogP contribution is 2.35. The summed E-state index contributed by atoms with van der Waals surface area (Å²) >= 11 is 0. The first-order chi connectivity index (χ1) is 17.2. The number of aromatic nitrogens is 5. The third-order valence-corrected chi connectivity index (χ3v) is 6.74. The smallest absolute Gasteiger partial charge is 0.252 e. The highest BCUT2D eigenvalue weighted by molar-refractivity contribution is 6.07. The molecule has 8 nitrogen and oxygen atoms in total. The lowest BCUT2D eigenvalue weighted by Crippen LogP contribution is -2.23. The summed E-state index contributed by atoms with van der Waals surface area (Å²) in [5.74, 6) is 0.291. The average molecular weight is 464 g/mol. The molecule has 1 saturated carbocycles. The molecule has 0 spiro atoms. The van der Waals surface area contributed by atoms with Crippen LogP contribution in [0.5, 0.6) is 0 Å². The predicted molar refractivity (Wildman–Crippen MR) is 136 cm³/mol. The van der Waals surface area contributed by atoms with E-state index in [1.54, 1.807) is 6.20 Å². The normalized spacial score (nSPS) is 14.1. The van der Waals surface area contributed by atoms with Crippen LogP contribution in [0.1, 0.15) is 47.6 Å². The van der Waals surface area contributed by atoms with Gasteiger partial charge in [0.2, 0.25) is 0 Å². The second-order valence-electron chi connectivity index (χ2n) is 8.95. The zero-order valence-electron chi connectivity index (χ0n) is 19.2. The van der Waals surface area contributed by atoms with Crippen LogP contribution in [-0.4, -0.2) is 30.6 Å². The third-order valence-electron chi connectivity index (χ3n) is 6.74. The SMILES string of the molecule is Nc1ncnc2c1c(-c1ccc(CNC(=O)c3cccc4ccccc34)cn1)nn2C1CCCC1. The monoisotopic (exact) mass is 463 g/mol. The van der Waals surface area contributed by atoms with Gasteiger partial charge < -0.3 is 11.1 Å². The summed E-state index contributed by atoms with van der Waals surface area (Å²) in [7, 11) is 0. The topological polar surface area (TPSA) is 112 Å². The van der Waals surface area contributed by atoms with Crippen molar-refractivity contribution in [2.75, 3.05) is 5.73 Å². The third kappa shape index (κ3) is 3.86. The van der Waals surface area contributed by atoms with Crippen molar-refractivity contribution in [1.82, 2.24) is 30.0 Å². The van der Waals surface area contributed by atoms with Crippen LogP contribution in [0.4, 0.5) is 5.82 Å². The first-order valence-electron chi connectivity index (χ1n) is 11.9. The van der Waals surface area contributed by atoms with E-state index in [9.17, 15) is 4.79 Å². The summed E-state index contributed by atoms with van der Waals surface area (Å²) in [4.78, 5) is 26.2. The van der Waals surface area contributed by atoms with Crippen molar-refractivity contribution in [2.45, 2.75) is 38.3 Å². The van der Waals surface area contributed by atoms with Crippen LogP contribution in [0.15, 0.2) is 67.1 Å². The van der Waals surface area contributed by atoms with Crippen LogP contribution in [0.3, 0.4) is 0 Å². The van der Waals surface area contributed by atoms with Crippen LogP contribution >= 0.6 is 0 Å². The minimum Gasteiger partial charge on any atom is -0.383 e. The fourth-order valence-electron chi connectivity index (χ4n) is 4.95. The molecule has 0 radical (unpaired) electrons. The van der Waals surface area contributed by atoms with E-state index in [0.717, 1.165) is 40.2 Å². The van der Waals surface area contributed by atoms with Crippen LogP contribution in [0.2, 0.25) is 0 Å². The number of anilines is 1. The Labute approximate surface area is 202 Å². The molecular weight excluding hydrogens is 438 g/mol. The average Bonchev–Trinajstić information content (AvgIpc) is 3.56. The largest absolute Gasteiger partial charge is 0.383 e. The maximum absolute atomic E-state index is 12.9. The number of pyridine rings is 1. The lowest BCUT2D eigenvalue weighted by molar-refractivity contribution is 0.0952. The number of carbonyl (C=O) groups excluding carboxylic acids is 1. The van der Waals surface area contributed by atoms with Gasteiger partial charge in [0, 0.05) is 18.3 Å². The number of benzene rings is 2. The Morgan fingerprint density at radius 3 is 2.66 bits per heavy atom. The van der Waals surface area contributed by atoms with Crippen LogP contribution in [-0.2, 0) is 6.54 Å². The van der Waals surface area contributed by atoms with Crippen LogP contribution < -0.4 is 11.1 Å². The number of nitrogen functional groups attached to an aromatic ring is 1. The van der Waals surface area contributed by atoms with Crippen molar-refractivity contribution >= 4 is 33.5 Å². The maximum atomic E-state index is 12.9. The number of amides is 1. The van der Waals surface area contributed by atoms with E-state index in [-0.39, 0.29) is 5.91 Å². The Hall–Kier alpha value is -4.33. The van der Waals surface area contributed by atoms with E-state index >= 15 is 0 Å². The molecule has 0 unspecified atom stereocenters. The molecule has 3 heterocycles. The van der Waals surface area contributed by atoms with E-state index in [2.05, 4.69) is 20.3 Å². The van der Waals surface area contributed by atoms with E-state index in [0.29, 0.717) is 35.4 Å². The number of hydrogen-bond donors (Lipinski definition) is 2. The Bertz CT molecular complexity index is 1530. The molecule has 6 rings (SSSR count). The van der Waals surface area contributed by atoms with Crippen molar-refractivity contribution < 1.29 is 4.79 Å². The van der Waals surface area contributed by atoms with Crippen molar-refractivity contribution in [3.63, 3.8) is 0 Å². The van der Waals surface area contributed by atoms with Gasteiger partial charge in [-0.15, -0.1) is 0 Å². The van der Waals surface area contributed by atoms with E-state index < -0.39 is 0 Å². The second-order valence-corrected chi connectivity index (χ2v) is 8.95. The van der Waals surface area contributed by atoms with Gasteiger partial charge in [-0.3, -0.25) is 9.78 Å². The molecule has 8 heteroatoms. The molecule has 3 N–H and O–H groups in total. The maximum Gasteiger partial charge on any atom is 0.252 e. The summed E-state index contributed by atoms with van der Waals surface area (Å²) in [5, 5.41) is 10.6. The molecule has 0 aliphatic heterocycles. The number of hydrogen-bond acceptors (Lipinski definition) is 6. The zero-order chi connectivity index (χ0) is 23.8. The summed E-state index contributed by atoms with van der Waals surface area (Å²) in [5.41, 5.74) is 9.94. The molecule has 3 aromatic heterocycles. The van der Waals surface area contributed by atoms with E-state index in [1.807, 2.05) is 59.3 Å². The van der Waals surface area contributed by atoms with Gasteiger partial charge in [0.15, 0.2) is 5.65 Å². The number of fused-ring (bicyclic) bond motifs is 2. The lowest BCUT2D eigenvalue weighted by Gasteiger charge is -2.10. The quantitative estimate of drug-likeness (QED) is 0.392. The van der Waals surface area contributed by atoms with Gasteiger partial charge in [-0.2, -0.15) is 5.10 Å². The highest BCUT2D eigenvalue weighted by atomic mass is 16.1. The van der Waals surface area contributed by atoms with Crippen molar-refractivity contribution in [2.24, 2.45) is 0 Å². The van der Waals surface area contributed by atoms with Gasteiger partial charge in [-0.25, -0.2) is 14.6 Å². The summed E-state index contributed by atoms with van der Waals surface area (Å²) in [6.07, 6.45) is 7.81.